The lowest BCUT2D eigenvalue weighted by molar-refractivity contribution is 0.0570. The van der Waals surface area contributed by atoms with Crippen LogP contribution >= 0.6 is 11.6 Å². The predicted octanol–water partition coefficient (Wildman–Crippen LogP) is 5.50. The maximum Gasteiger partial charge on any atom is 0.231 e. The molecule has 2 heterocycles. The van der Waals surface area contributed by atoms with Gasteiger partial charge in [-0.15, -0.1) is 0 Å². The first-order chi connectivity index (χ1) is 14.0. The van der Waals surface area contributed by atoms with Gasteiger partial charge in [-0.25, -0.2) is 4.39 Å². The van der Waals surface area contributed by atoms with E-state index in [4.69, 9.17) is 21.1 Å². The number of hydrogen-bond acceptors (Lipinski definition) is 4. The van der Waals surface area contributed by atoms with Crippen LogP contribution in [0.1, 0.15) is 52.7 Å². The lowest BCUT2D eigenvalue weighted by Gasteiger charge is -2.34. The molecule has 0 bridgehead atoms. The van der Waals surface area contributed by atoms with Crippen molar-refractivity contribution in [2.24, 2.45) is 0 Å². The highest BCUT2D eigenvalue weighted by molar-refractivity contribution is 6.32. The molecule has 0 unspecified atom stereocenters. The molecule has 150 valence electrons. The Balaban J connectivity index is 1.50. The number of fused-ring (bicyclic) bond motifs is 2. The Morgan fingerprint density at radius 2 is 2.03 bits per heavy atom. The van der Waals surface area contributed by atoms with Crippen molar-refractivity contribution in [1.82, 2.24) is 4.90 Å². The van der Waals surface area contributed by atoms with Crippen LogP contribution < -0.4 is 9.47 Å². The van der Waals surface area contributed by atoms with Gasteiger partial charge < -0.3 is 9.47 Å². The number of ketones is 1. The van der Waals surface area contributed by atoms with Crippen molar-refractivity contribution in [3.05, 3.63) is 63.1 Å². The first-order valence-corrected chi connectivity index (χ1v) is 10.3. The van der Waals surface area contributed by atoms with Crippen LogP contribution in [0.15, 0.2) is 30.0 Å². The molecule has 0 aromatic heterocycles. The Morgan fingerprint density at radius 1 is 1.24 bits per heavy atom. The summed E-state index contributed by atoms with van der Waals surface area (Å²) in [5.41, 5.74) is 2.45. The van der Waals surface area contributed by atoms with Crippen molar-refractivity contribution in [3.8, 4) is 11.5 Å². The smallest absolute Gasteiger partial charge is 0.231 e. The van der Waals surface area contributed by atoms with Gasteiger partial charge in [-0.3, -0.25) is 9.69 Å². The summed E-state index contributed by atoms with van der Waals surface area (Å²) in [6.45, 7) is 3.22. The third-order valence-electron chi connectivity index (χ3n) is 6.08. The number of carbonyl (C=O) groups is 1. The maximum atomic E-state index is 14.2. The van der Waals surface area contributed by atoms with Gasteiger partial charge >= 0.3 is 0 Å². The lowest BCUT2D eigenvalue weighted by atomic mass is 9.99. The summed E-state index contributed by atoms with van der Waals surface area (Å²) >= 11 is 6.10. The van der Waals surface area contributed by atoms with E-state index in [1.807, 2.05) is 13.0 Å². The van der Waals surface area contributed by atoms with Crippen molar-refractivity contribution in [2.45, 2.75) is 45.2 Å². The van der Waals surface area contributed by atoms with Crippen LogP contribution in [0.2, 0.25) is 5.02 Å². The molecule has 2 aromatic carbocycles. The SMILES string of the molecule is Cc1c2c(cc3c1O/C(=C\c1c(F)cccc1Cl)C3=O)CN(C1CCCC1)CO2. The molecule has 0 amide bonds. The zero-order chi connectivity index (χ0) is 20.1. The van der Waals surface area contributed by atoms with Crippen LogP contribution in [-0.4, -0.2) is 23.5 Å². The van der Waals surface area contributed by atoms with Crippen molar-refractivity contribution >= 4 is 23.5 Å². The van der Waals surface area contributed by atoms with E-state index in [0.29, 0.717) is 24.1 Å². The molecule has 4 nitrogen and oxygen atoms in total. The average Bonchev–Trinajstić information content (AvgIpc) is 3.35. The second-order valence-electron chi connectivity index (χ2n) is 7.90. The molecular formula is C23H21ClFNO3. The highest BCUT2D eigenvalue weighted by atomic mass is 35.5. The highest BCUT2D eigenvalue weighted by Gasteiger charge is 2.35. The van der Waals surface area contributed by atoms with Gasteiger partial charge in [0.2, 0.25) is 5.78 Å². The molecule has 2 aliphatic heterocycles. The molecule has 1 saturated carbocycles. The molecule has 1 aliphatic carbocycles. The zero-order valence-corrected chi connectivity index (χ0v) is 16.9. The minimum atomic E-state index is -0.496. The molecule has 3 aliphatic rings. The minimum Gasteiger partial charge on any atom is -0.477 e. The molecule has 1 fully saturated rings. The predicted molar refractivity (Wildman–Crippen MR) is 109 cm³/mol. The van der Waals surface area contributed by atoms with E-state index >= 15 is 0 Å². The zero-order valence-electron chi connectivity index (χ0n) is 16.1. The van der Waals surface area contributed by atoms with Crippen molar-refractivity contribution in [3.63, 3.8) is 0 Å². The molecule has 0 spiro atoms. The number of benzene rings is 2. The van der Waals surface area contributed by atoms with E-state index in [9.17, 15) is 9.18 Å². The van der Waals surface area contributed by atoms with Crippen LogP contribution in [0.3, 0.4) is 0 Å². The maximum absolute atomic E-state index is 14.2. The van der Waals surface area contributed by atoms with Crippen LogP contribution in [0.25, 0.3) is 6.08 Å². The van der Waals surface area contributed by atoms with Gasteiger partial charge in [0.15, 0.2) is 5.76 Å². The number of hydrogen-bond donors (Lipinski definition) is 0. The monoisotopic (exact) mass is 413 g/mol. The third-order valence-corrected chi connectivity index (χ3v) is 6.41. The summed E-state index contributed by atoms with van der Waals surface area (Å²) in [5, 5.41) is 0.233. The van der Waals surface area contributed by atoms with Gasteiger partial charge in [0.05, 0.1) is 10.6 Å². The van der Waals surface area contributed by atoms with Crippen LogP contribution in [0.4, 0.5) is 4.39 Å². The summed E-state index contributed by atoms with van der Waals surface area (Å²) in [7, 11) is 0. The summed E-state index contributed by atoms with van der Waals surface area (Å²) in [6.07, 6.45) is 6.29. The van der Waals surface area contributed by atoms with E-state index < -0.39 is 5.82 Å². The second-order valence-corrected chi connectivity index (χ2v) is 8.31. The summed E-state index contributed by atoms with van der Waals surface area (Å²) in [6, 6.07) is 6.82. The van der Waals surface area contributed by atoms with Crippen LogP contribution in [0.5, 0.6) is 11.5 Å². The van der Waals surface area contributed by atoms with Gasteiger partial charge in [-0.05, 0) is 44.0 Å². The van der Waals surface area contributed by atoms with Crippen LogP contribution in [-0.2, 0) is 6.54 Å². The Morgan fingerprint density at radius 3 is 2.79 bits per heavy atom. The molecule has 5 rings (SSSR count). The third kappa shape index (κ3) is 3.13. The first kappa shape index (κ1) is 18.6. The lowest BCUT2D eigenvalue weighted by Crippen LogP contribution is -2.39. The molecule has 0 atom stereocenters. The Bertz CT molecular complexity index is 1020. The topological polar surface area (TPSA) is 38.8 Å². The number of Topliss-reactive ketones (excluding diaryl/α,β-unsaturated/α-hetero) is 1. The Kier molecular flexibility index (Phi) is 4.60. The number of rotatable bonds is 2. The fraction of sp³-hybridized carbons (Fsp3) is 0.348. The fourth-order valence-electron chi connectivity index (χ4n) is 4.55. The Labute approximate surface area is 173 Å². The van der Waals surface area contributed by atoms with E-state index in [0.717, 1.165) is 23.4 Å². The number of nitrogens with zero attached hydrogens (tertiary/aromatic N) is 1. The highest BCUT2D eigenvalue weighted by Crippen LogP contribution is 2.44. The molecule has 0 N–H and O–H groups in total. The average molecular weight is 414 g/mol. The molecule has 0 saturated heterocycles. The van der Waals surface area contributed by atoms with Gasteiger partial charge in [0.1, 0.15) is 24.0 Å². The number of halogens is 2. The minimum absolute atomic E-state index is 0.0742. The molecule has 29 heavy (non-hydrogen) atoms. The quantitative estimate of drug-likeness (QED) is 0.609. The van der Waals surface area contributed by atoms with Gasteiger partial charge in [-0.2, -0.15) is 0 Å². The first-order valence-electron chi connectivity index (χ1n) is 9.94. The molecule has 0 radical (unpaired) electrons. The van der Waals surface area contributed by atoms with Crippen molar-refractivity contribution < 1.29 is 18.7 Å². The molecular weight excluding hydrogens is 393 g/mol. The van der Waals surface area contributed by atoms with E-state index in [1.165, 1.54) is 43.9 Å². The largest absolute Gasteiger partial charge is 0.477 e. The number of allylic oxidation sites excluding steroid dienone is 1. The normalized spacial score (nSPS) is 20.5. The van der Waals surface area contributed by atoms with Crippen LogP contribution in [0, 0.1) is 12.7 Å². The van der Waals surface area contributed by atoms with Gasteiger partial charge in [0.25, 0.3) is 0 Å². The second kappa shape index (κ2) is 7.15. The fourth-order valence-corrected chi connectivity index (χ4v) is 4.77. The standard InChI is InChI=1S/C23H21ClFNO3/c1-13-22-14(11-26(12-28-22)15-5-2-3-6-15)9-17-21(27)20(29-23(13)17)10-16-18(24)7-4-8-19(16)25/h4,7-10,15H,2-3,5-6,11-12H2,1H3/b20-10-. The van der Waals surface area contributed by atoms with Gasteiger partial charge in [0, 0.05) is 29.3 Å². The number of carbonyl (C=O) groups excluding carboxylic acids is 1. The number of ether oxygens (including phenoxy) is 2. The summed E-state index contributed by atoms with van der Waals surface area (Å²) in [5.74, 6) is 0.593. The summed E-state index contributed by atoms with van der Waals surface area (Å²) < 4.78 is 26.1. The van der Waals surface area contributed by atoms with E-state index in [1.54, 1.807) is 6.07 Å². The Hall–Kier alpha value is -2.37. The molecule has 6 heteroatoms. The summed E-state index contributed by atoms with van der Waals surface area (Å²) in [4.78, 5) is 15.3. The van der Waals surface area contributed by atoms with Crippen molar-refractivity contribution in [1.29, 1.82) is 0 Å². The van der Waals surface area contributed by atoms with Gasteiger partial charge in [-0.1, -0.05) is 30.5 Å². The van der Waals surface area contributed by atoms with E-state index in [-0.39, 0.29) is 22.1 Å². The van der Waals surface area contributed by atoms with E-state index in [2.05, 4.69) is 4.90 Å². The molecule has 2 aromatic rings. The van der Waals surface area contributed by atoms with Crippen molar-refractivity contribution in [2.75, 3.05) is 6.73 Å².